The molecule has 0 saturated carbocycles. The van der Waals surface area contributed by atoms with Gasteiger partial charge in [0.1, 0.15) is 6.10 Å². The molecule has 2 heterocycles. The first-order valence-electron chi connectivity index (χ1n) is 5.13. The average molecular weight is 262 g/mol. The van der Waals surface area contributed by atoms with Crippen molar-refractivity contribution in [3.8, 4) is 5.88 Å². The molecular weight excluding hydrogens is 246 g/mol. The van der Waals surface area contributed by atoms with E-state index >= 15 is 0 Å². The molecule has 16 heavy (non-hydrogen) atoms. The Morgan fingerprint density at radius 3 is 2.88 bits per heavy atom. The van der Waals surface area contributed by atoms with E-state index in [1.165, 1.54) is 11.8 Å². The third-order valence-corrected chi connectivity index (χ3v) is 2.93. The number of aromatic nitrogens is 2. The molecule has 2 rings (SSSR count). The zero-order valence-electron chi connectivity index (χ0n) is 9.18. The fourth-order valence-corrected chi connectivity index (χ4v) is 1.92. The van der Waals surface area contributed by atoms with E-state index in [2.05, 4.69) is 15.3 Å². The Hall–Kier alpha value is -0.520. The van der Waals surface area contributed by atoms with Crippen molar-refractivity contribution in [2.45, 2.75) is 24.1 Å². The first-order chi connectivity index (χ1) is 7.38. The molecule has 1 aromatic heterocycles. The first-order valence-corrected chi connectivity index (χ1v) is 6.35. The van der Waals surface area contributed by atoms with Gasteiger partial charge in [0, 0.05) is 12.3 Å². The minimum Gasteiger partial charge on any atom is -0.474 e. The summed E-state index contributed by atoms with van der Waals surface area (Å²) in [6, 6.07) is 1.82. The molecule has 0 radical (unpaired) electrons. The standard InChI is InChI=1S/C10H15N3OS.ClH/c1-15-10-12-7-4-9(13-10)14-8-2-5-11-6-3-8;/h4,7-8,11H,2-3,5-6H2,1H3;1H. The molecule has 0 bridgehead atoms. The maximum atomic E-state index is 5.79. The van der Waals surface area contributed by atoms with Gasteiger partial charge in [-0.15, -0.1) is 12.4 Å². The minimum atomic E-state index is 0. The van der Waals surface area contributed by atoms with Gasteiger partial charge in [-0.05, 0) is 32.2 Å². The largest absolute Gasteiger partial charge is 0.474 e. The molecule has 6 heteroatoms. The molecule has 1 aliphatic rings. The summed E-state index contributed by atoms with van der Waals surface area (Å²) >= 11 is 1.53. The number of nitrogens with one attached hydrogen (secondary N) is 1. The van der Waals surface area contributed by atoms with Gasteiger partial charge in [-0.3, -0.25) is 0 Å². The van der Waals surface area contributed by atoms with Crippen LogP contribution in [-0.2, 0) is 0 Å². The zero-order chi connectivity index (χ0) is 10.5. The van der Waals surface area contributed by atoms with Crippen molar-refractivity contribution in [1.29, 1.82) is 0 Å². The SMILES string of the molecule is CSc1nccc(OC2CCNCC2)n1.Cl. The van der Waals surface area contributed by atoms with Crippen LogP contribution in [0, 0.1) is 0 Å². The minimum absolute atomic E-state index is 0. The van der Waals surface area contributed by atoms with E-state index in [1.54, 1.807) is 6.20 Å². The highest BCUT2D eigenvalue weighted by atomic mass is 35.5. The van der Waals surface area contributed by atoms with E-state index in [-0.39, 0.29) is 12.4 Å². The van der Waals surface area contributed by atoms with Crippen LogP contribution in [0.5, 0.6) is 5.88 Å². The summed E-state index contributed by atoms with van der Waals surface area (Å²) in [5.41, 5.74) is 0. The number of hydrogen-bond acceptors (Lipinski definition) is 5. The molecule has 0 aliphatic carbocycles. The molecule has 1 fully saturated rings. The Balaban J connectivity index is 0.00000128. The molecule has 90 valence electrons. The van der Waals surface area contributed by atoms with Gasteiger partial charge in [0.15, 0.2) is 5.16 Å². The van der Waals surface area contributed by atoms with Gasteiger partial charge >= 0.3 is 0 Å². The summed E-state index contributed by atoms with van der Waals surface area (Å²) in [5, 5.41) is 4.07. The Kier molecular flexibility index (Phi) is 5.87. The molecule has 0 spiro atoms. The lowest BCUT2D eigenvalue weighted by molar-refractivity contribution is 0.154. The molecule has 0 aromatic carbocycles. The predicted molar refractivity (Wildman–Crippen MR) is 67.6 cm³/mol. The fourth-order valence-electron chi connectivity index (χ4n) is 1.57. The molecular formula is C10H16ClN3OS. The number of nitrogens with zero attached hydrogens (tertiary/aromatic N) is 2. The van der Waals surface area contributed by atoms with E-state index in [9.17, 15) is 0 Å². The van der Waals surface area contributed by atoms with Gasteiger partial charge in [0.25, 0.3) is 0 Å². The number of thioether (sulfide) groups is 1. The normalized spacial score (nSPS) is 16.6. The van der Waals surface area contributed by atoms with Crippen LogP contribution in [0.15, 0.2) is 17.4 Å². The van der Waals surface area contributed by atoms with Crippen molar-refractivity contribution < 1.29 is 4.74 Å². The Morgan fingerprint density at radius 1 is 1.44 bits per heavy atom. The lowest BCUT2D eigenvalue weighted by atomic mass is 10.1. The second-order valence-electron chi connectivity index (χ2n) is 3.45. The lowest BCUT2D eigenvalue weighted by Gasteiger charge is -2.23. The Morgan fingerprint density at radius 2 is 2.19 bits per heavy atom. The van der Waals surface area contributed by atoms with Gasteiger partial charge in [0.2, 0.25) is 5.88 Å². The van der Waals surface area contributed by atoms with E-state index in [0.29, 0.717) is 12.0 Å². The second-order valence-corrected chi connectivity index (χ2v) is 4.22. The molecule has 1 aliphatic heterocycles. The lowest BCUT2D eigenvalue weighted by Crippen LogP contribution is -2.34. The highest BCUT2D eigenvalue weighted by molar-refractivity contribution is 7.98. The Bertz CT molecular complexity index is 321. The van der Waals surface area contributed by atoms with Crippen molar-refractivity contribution in [1.82, 2.24) is 15.3 Å². The van der Waals surface area contributed by atoms with E-state index in [4.69, 9.17) is 4.74 Å². The number of halogens is 1. The number of rotatable bonds is 3. The topological polar surface area (TPSA) is 47.0 Å². The van der Waals surface area contributed by atoms with Crippen LogP contribution in [0.1, 0.15) is 12.8 Å². The number of piperidine rings is 1. The summed E-state index contributed by atoms with van der Waals surface area (Å²) in [6.07, 6.45) is 6.12. The second kappa shape index (κ2) is 6.93. The van der Waals surface area contributed by atoms with Crippen LogP contribution < -0.4 is 10.1 Å². The molecule has 1 saturated heterocycles. The van der Waals surface area contributed by atoms with Crippen LogP contribution in [-0.4, -0.2) is 35.4 Å². The van der Waals surface area contributed by atoms with Gasteiger partial charge in [-0.2, -0.15) is 4.98 Å². The molecule has 4 nitrogen and oxygen atoms in total. The number of ether oxygens (including phenoxy) is 1. The van der Waals surface area contributed by atoms with Crippen LogP contribution >= 0.6 is 24.2 Å². The number of hydrogen-bond donors (Lipinski definition) is 1. The van der Waals surface area contributed by atoms with Crippen molar-refractivity contribution in [2.75, 3.05) is 19.3 Å². The monoisotopic (exact) mass is 261 g/mol. The van der Waals surface area contributed by atoms with E-state index < -0.39 is 0 Å². The van der Waals surface area contributed by atoms with Crippen molar-refractivity contribution in [2.24, 2.45) is 0 Å². The average Bonchev–Trinajstić information content (AvgIpc) is 2.31. The van der Waals surface area contributed by atoms with Gasteiger partial charge in [-0.25, -0.2) is 4.98 Å². The predicted octanol–water partition coefficient (Wildman–Crippen LogP) is 1.75. The zero-order valence-corrected chi connectivity index (χ0v) is 10.8. The highest BCUT2D eigenvalue weighted by Gasteiger charge is 2.14. The molecule has 0 unspecified atom stereocenters. The van der Waals surface area contributed by atoms with Crippen molar-refractivity contribution >= 4 is 24.2 Å². The summed E-state index contributed by atoms with van der Waals surface area (Å²) in [5.74, 6) is 0.696. The maximum absolute atomic E-state index is 5.79. The van der Waals surface area contributed by atoms with Crippen LogP contribution in [0.2, 0.25) is 0 Å². The van der Waals surface area contributed by atoms with E-state index in [0.717, 1.165) is 31.1 Å². The summed E-state index contributed by atoms with van der Waals surface area (Å²) in [6.45, 7) is 2.07. The van der Waals surface area contributed by atoms with Crippen molar-refractivity contribution in [3.63, 3.8) is 0 Å². The summed E-state index contributed by atoms with van der Waals surface area (Å²) in [7, 11) is 0. The van der Waals surface area contributed by atoms with Gasteiger partial charge in [-0.1, -0.05) is 11.8 Å². The molecule has 0 atom stereocenters. The third-order valence-electron chi connectivity index (χ3n) is 2.36. The van der Waals surface area contributed by atoms with E-state index in [1.807, 2.05) is 12.3 Å². The first kappa shape index (κ1) is 13.5. The van der Waals surface area contributed by atoms with Gasteiger partial charge < -0.3 is 10.1 Å². The smallest absolute Gasteiger partial charge is 0.217 e. The quantitative estimate of drug-likeness (QED) is 0.664. The molecule has 1 N–H and O–H groups in total. The molecule has 0 amide bonds. The summed E-state index contributed by atoms with van der Waals surface area (Å²) < 4.78 is 5.79. The van der Waals surface area contributed by atoms with Gasteiger partial charge in [0.05, 0.1) is 0 Å². The van der Waals surface area contributed by atoms with Crippen LogP contribution in [0.4, 0.5) is 0 Å². The van der Waals surface area contributed by atoms with Crippen molar-refractivity contribution in [3.05, 3.63) is 12.3 Å². The summed E-state index contributed by atoms with van der Waals surface area (Å²) in [4.78, 5) is 8.41. The highest BCUT2D eigenvalue weighted by Crippen LogP contribution is 2.16. The fraction of sp³-hybridized carbons (Fsp3) is 0.600. The third kappa shape index (κ3) is 3.81. The maximum Gasteiger partial charge on any atom is 0.217 e. The Labute approximate surface area is 106 Å². The molecule has 1 aromatic rings. The van der Waals surface area contributed by atoms with Crippen LogP contribution in [0.25, 0.3) is 0 Å². The van der Waals surface area contributed by atoms with Crippen LogP contribution in [0.3, 0.4) is 0 Å².